The largest absolute Gasteiger partial charge is 0.444 e. The van der Waals surface area contributed by atoms with Crippen molar-refractivity contribution in [2.45, 2.75) is 207 Å². The Morgan fingerprint density at radius 2 is 1.19 bits per heavy atom. The van der Waals surface area contributed by atoms with Gasteiger partial charge < -0.3 is 41.0 Å². The van der Waals surface area contributed by atoms with Crippen molar-refractivity contribution in [1.82, 2.24) is 46.0 Å². The summed E-state index contributed by atoms with van der Waals surface area (Å²) in [6.45, 7) is 25.0. The Bertz CT molecular complexity index is 3280. The second kappa shape index (κ2) is 34.7. The molecule has 516 valence electrons. The summed E-state index contributed by atoms with van der Waals surface area (Å²) in [6.07, 6.45) is 5.18. The molecule has 3 aromatic carbocycles. The fourth-order valence-corrected chi connectivity index (χ4v) is 11.7. The van der Waals surface area contributed by atoms with E-state index < -0.39 is 116 Å². The lowest BCUT2D eigenvalue weighted by atomic mass is 9.76. The van der Waals surface area contributed by atoms with Crippen LogP contribution in [-0.2, 0) is 82.0 Å². The first-order valence-electron chi connectivity index (χ1n) is 32.0. The second-order valence-electron chi connectivity index (χ2n) is 27.9. The van der Waals surface area contributed by atoms with Crippen LogP contribution in [0.3, 0.4) is 0 Å². The van der Waals surface area contributed by atoms with Gasteiger partial charge >= 0.3 is 12.2 Å². The number of nitrogens with zero attached hydrogens (tertiary/aromatic N) is 3. The molecule has 10 amide bonds. The molecule has 0 radical (unpaired) electrons. The molecule has 0 saturated carbocycles. The van der Waals surface area contributed by atoms with E-state index >= 15 is 0 Å². The van der Waals surface area contributed by atoms with Crippen molar-refractivity contribution < 1.29 is 65.8 Å². The molecule has 6 N–H and O–H groups in total. The summed E-state index contributed by atoms with van der Waals surface area (Å²) in [7, 11) is -1.28. The van der Waals surface area contributed by atoms with Gasteiger partial charge in [0.1, 0.15) is 35.4 Å². The van der Waals surface area contributed by atoms with Crippen LogP contribution in [0.15, 0.2) is 109 Å². The molecule has 24 heteroatoms. The highest BCUT2D eigenvalue weighted by atomic mass is 32.2. The third-order valence-electron chi connectivity index (χ3n) is 15.6. The van der Waals surface area contributed by atoms with Crippen molar-refractivity contribution in [3.8, 4) is 0 Å². The van der Waals surface area contributed by atoms with E-state index in [1.54, 1.807) is 93.6 Å². The maximum atomic E-state index is 14.7. The van der Waals surface area contributed by atoms with Gasteiger partial charge in [0.25, 0.3) is 17.7 Å². The van der Waals surface area contributed by atoms with Crippen molar-refractivity contribution in [3.05, 3.63) is 131 Å². The van der Waals surface area contributed by atoms with Crippen molar-refractivity contribution in [2.75, 3.05) is 27.2 Å². The van der Waals surface area contributed by atoms with Crippen LogP contribution < -0.4 is 31.3 Å². The quantitative estimate of drug-likeness (QED) is 0.0197. The number of hydrogen-bond acceptors (Lipinski definition) is 14. The number of sulfonamides is 1. The van der Waals surface area contributed by atoms with Gasteiger partial charge in [0.05, 0.1) is 11.8 Å². The molecule has 94 heavy (non-hydrogen) atoms. The van der Waals surface area contributed by atoms with Gasteiger partial charge in [-0.2, -0.15) is 0 Å². The van der Waals surface area contributed by atoms with Gasteiger partial charge in [0.2, 0.25) is 39.6 Å². The third kappa shape index (κ3) is 25.5. The maximum Gasteiger partial charge on any atom is 0.410 e. The number of likely N-dealkylation sites (N-methyl/N-ethyl adjacent to an activating group) is 2. The molecule has 5 unspecified atom stereocenters. The van der Waals surface area contributed by atoms with Crippen molar-refractivity contribution in [2.24, 2.45) is 11.3 Å². The van der Waals surface area contributed by atoms with Crippen LogP contribution in [0.5, 0.6) is 0 Å². The number of benzene rings is 3. The smallest absolute Gasteiger partial charge is 0.410 e. The highest BCUT2D eigenvalue weighted by molar-refractivity contribution is 7.89. The van der Waals surface area contributed by atoms with Gasteiger partial charge in [-0.15, -0.1) is 0 Å². The van der Waals surface area contributed by atoms with Crippen molar-refractivity contribution in [1.29, 1.82) is 0 Å². The lowest BCUT2D eigenvalue weighted by molar-refractivity contribution is -0.142. The summed E-state index contributed by atoms with van der Waals surface area (Å²) in [6, 6.07) is 19.3. The van der Waals surface area contributed by atoms with Crippen molar-refractivity contribution >= 4 is 69.5 Å². The maximum absolute atomic E-state index is 14.7. The van der Waals surface area contributed by atoms with Gasteiger partial charge in [0.15, 0.2) is 0 Å². The minimum absolute atomic E-state index is 0.00569. The van der Waals surface area contributed by atoms with E-state index in [-0.39, 0.29) is 62.2 Å². The number of carbonyl (C=O) groups is 10. The molecule has 1 aliphatic heterocycles. The zero-order valence-corrected chi connectivity index (χ0v) is 58.5. The first-order chi connectivity index (χ1) is 43.7. The Morgan fingerprint density at radius 1 is 0.617 bits per heavy atom. The minimum Gasteiger partial charge on any atom is -0.444 e. The lowest BCUT2D eigenvalue weighted by Gasteiger charge is -2.42. The number of imide groups is 1. The average Bonchev–Trinajstić information content (AvgIpc) is 0.878. The Hall–Kier alpha value is -8.41. The summed E-state index contributed by atoms with van der Waals surface area (Å²) >= 11 is 0. The molecule has 0 bridgehead atoms. The molecule has 4 rings (SSSR count). The second-order valence-corrected chi connectivity index (χ2v) is 29.6. The molecular formula is C70H101N9O14S. The average molecular weight is 1320 g/mol. The molecule has 5 atom stereocenters. The van der Waals surface area contributed by atoms with Gasteiger partial charge in [-0.05, 0) is 114 Å². The van der Waals surface area contributed by atoms with E-state index in [0.717, 1.165) is 16.0 Å². The Kier molecular flexibility index (Phi) is 28.8. The Morgan fingerprint density at radius 3 is 1.76 bits per heavy atom. The van der Waals surface area contributed by atoms with Crippen LogP contribution in [0.1, 0.15) is 164 Å². The number of hydrogen-bond donors (Lipinski definition) is 6. The Labute approximate surface area is 555 Å². The standard InChI is InChI=1S/C70H101N9O14S/c1-46(2)54(77(15)64(87)58(67(4,5)6)75-63(86)59(78(16)66(89)93-69(10,11)12)70(13,14)51-30-22-18-23-31-51)42-47(3)60(83)76-94(90,91)45-50-36-34-49(35-37-50)44-72-61(84)52(32-25-26-40-71-65(88)92-68(7,8)9)74-62(85)53(43-48-28-20-17-21-29-48)73-55(80)33-24-19-27-41-79-56(81)38-39-57(79)82/h17-18,20-23,28-31,34-39,42,46,52-54,58-59H,19,24-27,32-33,40-41,43-45H2,1-16H3,(H,71,88)(H,72,84)(H,73,80)(H,74,85)(H,75,86)(H,76,83)/b47-42+. The minimum atomic E-state index is -4.31. The van der Waals surface area contributed by atoms with Gasteiger partial charge in [-0.25, -0.2) is 22.7 Å². The molecular weight excluding hydrogens is 1220 g/mol. The number of nitrogens with one attached hydrogen (secondary N) is 6. The van der Waals surface area contributed by atoms with E-state index in [9.17, 15) is 56.4 Å². The predicted molar refractivity (Wildman–Crippen MR) is 359 cm³/mol. The molecule has 1 heterocycles. The highest BCUT2D eigenvalue weighted by Crippen LogP contribution is 2.33. The summed E-state index contributed by atoms with van der Waals surface area (Å²) in [5.74, 6) is -5.24. The molecule has 0 saturated heterocycles. The monoisotopic (exact) mass is 1320 g/mol. The molecule has 0 aliphatic carbocycles. The van der Waals surface area contributed by atoms with Gasteiger partial charge in [-0.1, -0.05) is 146 Å². The van der Waals surface area contributed by atoms with E-state index in [1.807, 2.05) is 76.2 Å². The normalized spacial score (nSPS) is 14.6. The molecule has 0 aromatic heterocycles. The van der Waals surface area contributed by atoms with E-state index in [0.29, 0.717) is 43.2 Å². The first-order valence-corrected chi connectivity index (χ1v) is 33.7. The van der Waals surface area contributed by atoms with Gasteiger partial charge in [-0.3, -0.25) is 48.2 Å². The van der Waals surface area contributed by atoms with E-state index in [1.165, 1.54) is 54.1 Å². The van der Waals surface area contributed by atoms with E-state index in [4.69, 9.17) is 9.47 Å². The molecule has 23 nitrogen and oxygen atoms in total. The van der Waals surface area contributed by atoms with Gasteiger partial charge in [0, 0.05) is 69.7 Å². The SMILES string of the molecule is C/C(=C\C(C(C)C)N(C)C(=O)C(NC(=O)C(N(C)C(=O)OC(C)(C)C)C(C)(C)c1ccccc1)C(C)(C)C)C(=O)NS(=O)(=O)Cc1ccc(CNC(=O)C(CCCCNC(=O)OC(C)(C)C)NC(=O)C(Cc2ccccc2)NC(=O)CCCCCN2C(=O)C=CC2=O)cc1. The Balaban J connectivity index is 1.45. The first kappa shape index (κ1) is 78.0. The van der Waals surface area contributed by atoms with E-state index in [2.05, 4.69) is 31.3 Å². The number of rotatable bonds is 32. The summed E-state index contributed by atoms with van der Waals surface area (Å²) in [4.78, 5) is 138. The van der Waals surface area contributed by atoms with Crippen LogP contribution in [0.4, 0.5) is 9.59 Å². The fraction of sp³-hybridized carbons (Fsp3) is 0.543. The summed E-state index contributed by atoms with van der Waals surface area (Å²) in [5, 5.41) is 14.2. The lowest BCUT2D eigenvalue weighted by Crippen LogP contribution is -2.63. The third-order valence-corrected chi connectivity index (χ3v) is 16.8. The van der Waals surface area contributed by atoms with Crippen molar-refractivity contribution in [3.63, 3.8) is 0 Å². The number of amides is 10. The predicted octanol–water partition coefficient (Wildman–Crippen LogP) is 7.82. The molecule has 3 aromatic rings. The summed E-state index contributed by atoms with van der Waals surface area (Å²) in [5.41, 5.74) is -1.03. The van der Waals surface area contributed by atoms with Crippen LogP contribution in [0, 0.1) is 11.3 Å². The number of unbranched alkanes of at least 4 members (excludes halogenated alkanes) is 3. The van der Waals surface area contributed by atoms with Crippen LogP contribution in [-0.4, -0.2) is 151 Å². The zero-order valence-electron chi connectivity index (χ0n) is 57.7. The number of carbonyl (C=O) groups excluding carboxylic acids is 10. The van der Waals surface area contributed by atoms with Crippen LogP contribution >= 0.6 is 0 Å². The zero-order chi connectivity index (χ0) is 70.5. The number of alkyl carbamates (subject to hydrolysis) is 1. The van der Waals surface area contributed by atoms with Crippen LogP contribution in [0.25, 0.3) is 0 Å². The topological polar surface area (TPSA) is 305 Å². The highest BCUT2D eigenvalue weighted by Gasteiger charge is 2.46. The number of ether oxygens (including phenoxy) is 2. The molecule has 0 fully saturated rings. The van der Waals surface area contributed by atoms with Crippen LogP contribution in [0.2, 0.25) is 0 Å². The molecule has 1 aliphatic rings. The fourth-order valence-electron chi connectivity index (χ4n) is 10.5. The molecule has 0 spiro atoms. The summed E-state index contributed by atoms with van der Waals surface area (Å²) < 4.78 is 40.4.